The molecule has 0 saturated carbocycles. The van der Waals surface area contributed by atoms with Crippen LogP contribution in [0.5, 0.6) is 0 Å². The molecule has 1 heterocycles. The number of likely N-dealkylation sites (N-methyl/N-ethyl adjacent to an activating group) is 1. The van der Waals surface area contributed by atoms with Gasteiger partial charge in [0.15, 0.2) is 5.96 Å². The molecule has 0 fully saturated rings. The summed E-state index contributed by atoms with van der Waals surface area (Å²) in [4.78, 5) is 10.8. The van der Waals surface area contributed by atoms with Crippen molar-refractivity contribution < 1.29 is 4.42 Å². The van der Waals surface area contributed by atoms with E-state index in [-0.39, 0.29) is 24.0 Å². The predicted molar refractivity (Wildman–Crippen MR) is 97.4 cm³/mol. The number of aryl methyl sites for hydroxylation is 2. The van der Waals surface area contributed by atoms with Crippen LogP contribution in [0.3, 0.4) is 0 Å². The highest BCUT2D eigenvalue weighted by molar-refractivity contribution is 14.0. The van der Waals surface area contributed by atoms with Crippen LogP contribution in [0.4, 0.5) is 0 Å². The van der Waals surface area contributed by atoms with Gasteiger partial charge in [-0.25, -0.2) is 4.98 Å². The van der Waals surface area contributed by atoms with E-state index in [0.717, 1.165) is 30.5 Å². The molecule has 6 nitrogen and oxygen atoms in total. The maximum Gasteiger partial charge on any atom is 0.214 e. The molecule has 0 saturated heterocycles. The molecule has 0 amide bonds. The maximum absolute atomic E-state index is 5.52. The molecule has 1 aromatic heterocycles. The predicted octanol–water partition coefficient (Wildman–Crippen LogP) is 1.91. The number of halogens is 1. The van der Waals surface area contributed by atoms with E-state index in [0.29, 0.717) is 18.5 Å². The molecule has 0 spiro atoms. The molecule has 0 unspecified atom stereocenters. The smallest absolute Gasteiger partial charge is 0.214 e. The molecule has 0 aliphatic heterocycles. The summed E-state index contributed by atoms with van der Waals surface area (Å²) in [5, 5.41) is 6.47. The van der Waals surface area contributed by atoms with Gasteiger partial charge in [0, 0.05) is 26.2 Å². The second-order valence-corrected chi connectivity index (χ2v) is 5.18. The molecule has 2 N–H and O–H groups in total. The molecule has 0 aromatic carbocycles. The lowest BCUT2D eigenvalue weighted by molar-refractivity contribution is 0.278. The van der Waals surface area contributed by atoms with E-state index < -0.39 is 0 Å². The highest BCUT2D eigenvalue weighted by Gasteiger charge is 2.07. The third kappa shape index (κ3) is 7.12. The number of nitrogens with one attached hydrogen (secondary N) is 2. The molecular formula is C14H28IN5O. The summed E-state index contributed by atoms with van der Waals surface area (Å²) in [6, 6.07) is 0.546. The molecule has 0 bridgehead atoms. The van der Waals surface area contributed by atoms with Gasteiger partial charge < -0.3 is 20.0 Å². The second-order valence-electron chi connectivity index (χ2n) is 5.18. The van der Waals surface area contributed by atoms with Crippen molar-refractivity contribution in [2.24, 2.45) is 4.99 Å². The van der Waals surface area contributed by atoms with Gasteiger partial charge in [0.25, 0.3) is 0 Å². The van der Waals surface area contributed by atoms with Crippen molar-refractivity contribution in [3.8, 4) is 0 Å². The molecule has 0 radical (unpaired) electrons. The highest BCUT2D eigenvalue weighted by Crippen LogP contribution is 2.07. The average molecular weight is 409 g/mol. The summed E-state index contributed by atoms with van der Waals surface area (Å²) in [5.74, 6) is 2.31. The Morgan fingerprint density at radius 3 is 2.48 bits per heavy atom. The minimum Gasteiger partial charge on any atom is -0.444 e. The van der Waals surface area contributed by atoms with Gasteiger partial charge in [0.1, 0.15) is 5.76 Å². The van der Waals surface area contributed by atoms with E-state index in [4.69, 9.17) is 4.42 Å². The van der Waals surface area contributed by atoms with Crippen molar-refractivity contribution in [3.05, 3.63) is 17.3 Å². The first-order valence-electron chi connectivity index (χ1n) is 7.01. The Labute approximate surface area is 144 Å². The van der Waals surface area contributed by atoms with Crippen molar-refractivity contribution in [1.82, 2.24) is 20.5 Å². The zero-order chi connectivity index (χ0) is 15.1. The van der Waals surface area contributed by atoms with Crippen LogP contribution in [0.15, 0.2) is 9.41 Å². The molecule has 0 aliphatic carbocycles. The van der Waals surface area contributed by atoms with Crippen LogP contribution >= 0.6 is 24.0 Å². The van der Waals surface area contributed by atoms with Gasteiger partial charge >= 0.3 is 0 Å². The molecule has 21 heavy (non-hydrogen) atoms. The quantitative estimate of drug-likeness (QED) is 0.427. The summed E-state index contributed by atoms with van der Waals surface area (Å²) in [6.45, 7) is 10.6. The second kappa shape index (κ2) is 9.99. The molecule has 1 aromatic rings. The summed E-state index contributed by atoms with van der Waals surface area (Å²) >= 11 is 0. The Morgan fingerprint density at radius 2 is 2.00 bits per heavy atom. The van der Waals surface area contributed by atoms with Crippen molar-refractivity contribution in [3.63, 3.8) is 0 Å². The van der Waals surface area contributed by atoms with Gasteiger partial charge in [0.05, 0.1) is 12.2 Å². The lowest BCUT2D eigenvalue weighted by Crippen LogP contribution is -2.41. The summed E-state index contributed by atoms with van der Waals surface area (Å²) in [5.41, 5.74) is 0.934. The van der Waals surface area contributed by atoms with E-state index in [9.17, 15) is 0 Å². The van der Waals surface area contributed by atoms with Gasteiger partial charge in [0.2, 0.25) is 5.89 Å². The van der Waals surface area contributed by atoms with Crippen LogP contribution in [-0.4, -0.2) is 49.1 Å². The molecule has 1 rings (SSSR count). The average Bonchev–Trinajstić information content (AvgIpc) is 2.72. The van der Waals surface area contributed by atoms with Gasteiger partial charge in [-0.1, -0.05) is 0 Å². The largest absolute Gasteiger partial charge is 0.444 e. The molecule has 0 aliphatic rings. The summed E-state index contributed by atoms with van der Waals surface area (Å²) < 4.78 is 5.52. The third-order valence-corrected chi connectivity index (χ3v) is 3.34. The zero-order valence-electron chi connectivity index (χ0n) is 13.9. The fraction of sp³-hybridized carbons (Fsp3) is 0.714. The van der Waals surface area contributed by atoms with Crippen molar-refractivity contribution in [1.29, 1.82) is 0 Å². The first kappa shape index (κ1) is 20.2. The Hall–Kier alpha value is -0.830. The number of hydrogen-bond donors (Lipinski definition) is 2. The lowest BCUT2D eigenvalue weighted by Gasteiger charge is -2.21. The van der Waals surface area contributed by atoms with Crippen LogP contribution in [0.25, 0.3) is 0 Å². The van der Waals surface area contributed by atoms with Crippen LogP contribution in [-0.2, 0) is 6.54 Å². The molecule has 0 atom stereocenters. The normalized spacial score (nSPS) is 11.7. The monoisotopic (exact) mass is 409 g/mol. The minimum atomic E-state index is 0. The first-order valence-corrected chi connectivity index (χ1v) is 7.01. The minimum absolute atomic E-state index is 0. The van der Waals surface area contributed by atoms with Gasteiger partial charge in [-0.2, -0.15) is 0 Å². The number of nitrogens with zero attached hydrogens (tertiary/aromatic N) is 3. The van der Waals surface area contributed by atoms with E-state index in [1.165, 1.54) is 0 Å². The fourth-order valence-electron chi connectivity index (χ4n) is 1.60. The first-order chi connectivity index (χ1) is 9.43. The SMILES string of the molecule is CN=C(NCCN(C)C(C)C)NCc1nc(C)c(C)o1.I. The number of aliphatic imine (C=N–C) groups is 1. The van der Waals surface area contributed by atoms with Crippen LogP contribution in [0, 0.1) is 13.8 Å². The Morgan fingerprint density at radius 1 is 1.33 bits per heavy atom. The van der Waals surface area contributed by atoms with Crippen LogP contribution < -0.4 is 10.6 Å². The maximum atomic E-state index is 5.52. The topological polar surface area (TPSA) is 65.7 Å². The van der Waals surface area contributed by atoms with Crippen molar-refractivity contribution in [2.75, 3.05) is 27.2 Å². The van der Waals surface area contributed by atoms with E-state index in [1.54, 1.807) is 7.05 Å². The highest BCUT2D eigenvalue weighted by atomic mass is 127. The summed E-state index contributed by atoms with van der Waals surface area (Å²) in [6.07, 6.45) is 0. The van der Waals surface area contributed by atoms with Crippen LogP contribution in [0.2, 0.25) is 0 Å². The van der Waals surface area contributed by atoms with Gasteiger partial charge in [-0.05, 0) is 34.7 Å². The summed E-state index contributed by atoms with van der Waals surface area (Å²) in [7, 11) is 3.87. The van der Waals surface area contributed by atoms with E-state index in [2.05, 4.69) is 46.4 Å². The number of hydrogen-bond acceptors (Lipinski definition) is 4. The number of oxazole rings is 1. The standard InChI is InChI=1S/C14H27N5O.HI/c1-10(2)19(6)8-7-16-14(15-5)17-9-13-18-11(3)12(4)20-13;/h10H,7-9H2,1-6H3,(H2,15,16,17);1H. The van der Waals surface area contributed by atoms with Crippen molar-refractivity contribution >= 4 is 29.9 Å². The molecule has 7 heteroatoms. The van der Waals surface area contributed by atoms with E-state index in [1.807, 2.05) is 13.8 Å². The number of guanidine groups is 1. The Balaban J connectivity index is 0.00000400. The molecular weight excluding hydrogens is 381 g/mol. The number of aromatic nitrogens is 1. The zero-order valence-corrected chi connectivity index (χ0v) is 16.2. The lowest BCUT2D eigenvalue weighted by atomic mass is 10.3. The number of rotatable bonds is 6. The van der Waals surface area contributed by atoms with Gasteiger partial charge in [-0.3, -0.25) is 4.99 Å². The Kier molecular flexibility index (Phi) is 9.60. The van der Waals surface area contributed by atoms with Gasteiger partial charge in [-0.15, -0.1) is 24.0 Å². The van der Waals surface area contributed by atoms with Crippen molar-refractivity contribution in [2.45, 2.75) is 40.3 Å². The fourth-order valence-corrected chi connectivity index (χ4v) is 1.60. The van der Waals surface area contributed by atoms with E-state index >= 15 is 0 Å². The Bertz CT molecular complexity index is 425. The van der Waals surface area contributed by atoms with Crippen LogP contribution in [0.1, 0.15) is 31.2 Å². The molecule has 122 valence electrons. The third-order valence-electron chi connectivity index (χ3n) is 3.34.